The zero-order chi connectivity index (χ0) is 12.3. The Balaban J connectivity index is 1.90. The van der Waals surface area contributed by atoms with Gasteiger partial charge in [0.15, 0.2) is 0 Å². The largest absolute Gasteiger partial charge is 0.386 e. The van der Waals surface area contributed by atoms with Crippen LogP contribution in [0.3, 0.4) is 0 Å². The summed E-state index contributed by atoms with van der Waals surface area (Å²) in [5.74, 6) is -0.334. The molecule has 1 heterocycles. The molecule has 0 aliphatic carbocycles. The number of benzene rings is 1. The zero-order valence-corrected chi connectivity index (χ0v) is 10.1. The first-order valence-electron chi connectivity index (χ1n) is 5.54. The van der Waals surface area contributed by atoms with Crippen molar-refractivity contribution in [1.82, 2.24) is 5.32 Å². The smallest absolute Gasteiger partial charge is 0.129 e. The summed E-state index contributed by atoms with van der Waals surface area (Å²) in [7, 11) is 0. The predicted molar refractivity (Wildman–Crippen MR) is 63.5 cm³/mol. The molecule has 0 amide bonds. The van der Waals surface area contributed by atoms with Crippen molar-refractivity contribution in [2.75, 3.05) is 19.8 Å². The first-order valence-corrected chi connectivity index (χ1v) is 5.92. The molecule has 2 N–H and O–H groups in total. The van der Waals surface area contributed by atoms with Crippen molar-refractivity contribution in [2.24, 2.45) is 0 Å². The van der Waals surface area contributed by atoms with Crippen LogP contribution < -0.4 is 5.32 Å². The zero-order valence-electron chi connectivity index (χ0n) is 9.38. The molecule has 1 saturated heterocycles. The highest BCUT2D eigenvalue weighted by Gasteiger charge is 2.31. The van der Waals surface area contributed by atoms with E-state index in [-0.39, 0.29) is 5.82 Å². The number of hydrogen-bond acceptors (Lipinski definition) is 3. The number of rotatable bonds is 4. The molecule has 1 atom stereocenters. The van der Waals surface area contributed by atoms with Gasteiger partial charge in [-0.15, -0.1) is 0 Å². The maximum atomic E-state index is 13.4. The van der Waals surface area contributed by atoms with Gasteiger partial charge < -0.3 is 15.2 Å². The Labute approximate surface area is 105 Å². The van der Waals surface area contributed by atoms with Crippen LogP contribution in [0.25, 0.3) is 0 Å². The van der Waals surface area contributed by atoms with Gasteiger partial charge >= 0.3 is 0 Å². The predicted octanol–water partition coefficient (Wildman–Crippen LogP) is 1.72. The fraction of sp³-hybridized carbons (Fsp3) is 0.500. The molecule has 2 rings (SSSR count). The summed E-state index contributed by atoms with van der Waals surface area (Å²) in [5.41, 5.74) is -0.408. The van der Waals surface area contributed by atoms with Crippen LogP contribution >= 0.6 is 11.6 Å². The number of hydrogen-bond donors (Lipinski definition) is 2. The van der Waals surface area contributed by atoms with Crippen LogP contribution in [0, 0.1) is 5.82 Å². The minimum atomic E-state index is -0.836. The minimum Gasteiger partial charge on any atom is -0.386 e. The number of halogens is 2. The molecular formula is C12H15ClFNO2. The van der Waals surface area contributed by atoms with Crippen molar-refractivity contribution in [2.45, 2.75) is 18.6 Å². The van der Waals surface area contributed by atoms with E-state index in [0.717, 1.165) is 0 Å². The van der Waals surface area contributed by atoms with Gasteiger partial charge in [0.25, 0.3) is 0 Å². The second-order valence-electron chi connectivity index (χ2n) is 4.33. The Kier molecular flexibility index (Phi) is 3.99. The molecule has 1 aromatic carbocycles. The van der Waals surface area contributed by atoms with Gasteiger partial charge in [-0.25, -0.2) is 4.39 Å². The van der Waals surface area contributed by atoms with Crippen LogP contribution in [-0.2, 0) is 11.3 Å². The van der Waals surface area contributed by atoms with Crippen LogP contribution in [0.15, 0.2) is 18.2 Å². The summed E-state index contributed by atoms with van der Waals surface area (Å²) < 4.78 is 18.6. The van der Waals surface area contributed by atoms with E-state index < -0.39 is 5.60 Å². The summed E-state index contributed by atoms with van der Waals surface area (Å²) in [5, 5.41) is 13.4. The molecule has 1 aliphatic rings. The van der Waals surface area contributed by atoms with E-state index in [4.69, 9.17) is 16.3 Å². The van der Waals surface area contributed by atoms with Crippen molar-refractivity contribution in [3.8, 4) is 0 Å². The molecule has 94 valence electrons. The van der Waals surface area contributed by atoms with Crippen LogP contribution in [0.5, 0.6) is 0 Å². The van der Waals surface area contributed by atoms with E-state index in [1.165, 1.54) is 6.07 Å². The molecular weight excluding hydrogens is 245 g/mol. The molecule has 0 aromatic heterocycles. The first kappa shape index (κ1) is 12.8. The molecule has 1 unspecified atom stereocenters. The highest BCUT2D eigenvalue weighted by atomic mass is 35.5. The Morgan fingerprint density at radius 3 is 3.00 bits per heavy atom. The lowest BCUT2D eigenvalue weighted by Crippen LogP contribution is -2.40. The second kappa shape index (κ2) is 5.31. The molecule has 1 fully saturated rings. The lowest BCUT2D eigenvalue weighted by molar-refractivity contribution is 0.0268. The third-order valence-electron chi connectivity index (χ3n) is 2.90. The summed E-state index contributed by atoms with van der Waals surface area (Å²) in [6.07, 6.45) is 0.602. The third kappa shape index (κ3) is 3.16. The molecule has 1 aliphatic heterocycles. The average Bonchev–Trinajstić information content (AvgIpc) is 2.70. The highest BCUT2D eigenvalue weighted by Crippen LogP contribution is 2.20. The summed E-state index contributed by atoms with van der Waals surface area (Å²) in [6.45, 7) is 1.56. The second-order valence-corrected chi connectivity index (χ2v) is 4.74. The number of nitrogens with one attached hydrogen (secondary N) is 1. The molecule has 0 spiro atoms. The molecule has 0 saturated carbocycles. The Bertz CT molecular complexity index is 374. The van der Waals surface area contributed by atoms with E-state index >= 15 is 0 Å². The topological polar surface area (TPSA) is 41.5 Å². The van der Waals surface area contributed by atoms with Crippen molar-refractivity contribution < 1.29 is 14.2 Å². The van der Waals surface area contributed by atoms with Gasteiger partial charge in [0.1, 0.15) is 11.4 Å². The third-order valence-corrected chi connectivity index (χ3v) is 3.25. The van der Waals surface area contributed by atoms with E-state index in [2.05, 4.69) is 5.32 Å². The van der Waals surface area contributed by atoms with Crippen molar-refractivity contribution in [1.29, 1.82) is 0 Å². The van der Waals surface area contributed by atoms with E-state index in [1.807, 2.05) is 0 Å². The Morgan fingerprint density at radius 1 is 1.53 bits per heavy atom. The summed E-state index contributed by atoms with van der Waals surface area (Å²) >= 11 is 5.89. The number of ether oxygens (including phenoxy) is 1. The molecule has 0 bridgehead atoms. The SMILES string of the molecule is OC1(CNCc2c(F)cccc2Cl)CCOC1. The van der Waals surface area contributed by atoms with Gasteiger partial charge in [0, 0.05) is 36.7 Å². The lowest BCUT2D eigenvalue weighted by atomic mass is 10.0. The van der Waals surface area contributed by atoms with E-state index in [0.29, 0.717) is 43.3 Å². The van der Waals surface area contributed by atoms with Crippen LogP contribution in [0.2, 0.25) is 5.02 Å². The van der Waals surface area contributed by atoms with Crippen molar-refractivity contribution in [3.05, 3.63) is 34.6 Å². The van der Waals surface area contributed by atoms with Gasteiger partial charge in [-0.1, -0.05) is 17.7 Å². The van der Waals surface area contributed by atoms with Gasteiger partial charge in [-0.2, -0.15) is 0 Å². The van der Waals surface area contributed by atoms with Gasteiger partial charge in [-0.3, -0.25) is 0 Å². The maximum absolute atomic E-state index is 13.4. The average molecular weight is 260 g/mol. The van der Waals surface area contributed by atoms with Crippen LogP contribution in [-0.4, -0.2) is 30.5 Å². The minimum absolute atomic E-state index is 0.299. The van der Waals surface area contributed by atoms with Gasteiger partial charge in [0.2, 0.25) is 0 Å². The Morgan fingerprint density at radius 2 is 2.35 bits per heavy atom. The summed E-state index contributed by atoms with van der Waals surface area (Å²) in [6, 6.07) is 4.59. The molecule has 5 heteroatoms. The van der Waals surface area contributed by atoms with Crippen molar-refractivity contribution >= 4 is 11.6 Å². The summed E-state index contributed by atoms with van der Waals surface area (Å²) in [4.78, 5) is 0. The normalized spacial score (nSPS) is 24.2. The fourth-order valence-corrected chi connectivity index (χ4v) is 2.09. The van der Waals surface area contributed by atoms with Crippen LogP contribution in [0.1, 0.15) is 12.0 Å². The van der Waals surface area contributed by atoms with Gasteiger partial charge in [-0.05, 0) is 12.1 Å². The first-order chi connectivity index (χ1) is 8.11. The van der Waals surface area contributed by atoms with Crippen LogP contribution in [0.4, 0.5) is 4.39 Å². The standard InChI is InChI=1S/C12H15ClFNO2/c13-10-2-1-3-11(14)9(10)6-15-7-12(16)4-5-17-8-12/h1-3,15-16H,4-8H2. The Hall–Kier alpha value is -0.680. The van der Waals surface area contributed by atoms with Crippen molar-refractivity contribution in [3.63, 3.8) is 0 Å². The van der Waals surface area contributed by atoms with E-state index in [1.54, 1.807) is 12.1 Å². The lowest BCUT2D eigenvalue weighted by Gasteiger charge is -2.21. The number of aliphatic hydroxyl groups is 1. The highest BCUT2D eigenvalue weighted by molar-refractivity contribution is 6.31. The maximum Gasteiger partial charge on any atom is 0.129 e. The van der Waals surface area contributed by atoms with Gasteiger partial charge in [0.05, 0.1) is 6.61 Å². The molecule has 0 radical (unpaired) electrons. The quantitative estimate of drug-likeness (QED) is 0.865. The molecule has 1 aromatic rings. The van der Waals surface area contributed by atoms with E-state index in [9.17, 15) is 9.50 Å². The monoisotopic (exact) mass is 259 g/mol. The molecule has 17 heavy (non-hydrogen) atoms. The molecule has 3 nitrogen and oxygen atoms in total. The fourth-order valence-electron chi connectivity index (χ4n) is 1.86.